The number of hydrogen-bond donors (Lipinski definition) is 2. The van der Waals surface area contributed by atoms with E-state index in [1.165, 1.54) is 38.8 Å². The predicted molar refractivity (Wildman–Crippen MR) is 46.7 cm³/mol. The first kappa shape index (κ1) is 7.56. The van der Waals surface area contributed by atoms with Crippen molar-refractivity contribution in [1.29, 1.82) is 0 Å². The van der Waals surface area contributed by atoms with Gasteiger partial charge in [-0.25, -0.2) is 0 Å². The van der Waals surface area contributed by atoms with Crippen LogP contribution in [0.2, 0.25) is 0 Å². The molecule has 0 spiro atoms. The zero-order valence-electron chi connectivity index (χ0n) is 7.32. The minimum absolute atomic E-state index is 0.518. The Bertz CT molecular complexity index is 134. The molecule has 1 aliphatic carbocycles. The van der Waals surface area contributed by atoms with Gasteiger partial charge < -0.3 is 10.6 Å². The lowest BCUT2D eigenvalue weighted by atomic mass is 10.2. The van der Waals surface area contributed by atoms with Crippen LogP contribution in [-0.2, 0) is 0 Å². The maximum absolute atomic E-state index is 3.61. The Labute approximate surface area is 68.7 Å². The zero-order chi connectivity index (χ0) is 7.73. The van der Waals surface area contributed by atoms with E-state index in [-0.39, 0.29) is 0 Å². The molecule has 1 heterocycles. The summed E-state index contributed by atoms with van der Waals surface area (Å²) < 4.78 is 0. The summed E-state index contributed by atoms with van der Waals surface area (Å²) in [6, 6.07) is 0.757. The lowest BCUT2D eigenvalue weighted by Crippen LogP contribution is -2.39. The van der Waals surface area contributed by atoms with Crippen LogP contribution in [0.3, 0.4) is 0 Å². The SMILES string of the molecule is CC1(NCC2CCCN2)CC1. The van der Waals surface area contributed by atoms with Gasteiger partial charge >= 0.3 is 0 Å². The van der Waals surface area contributed by atoms with Crippen molar-refractivity contribution in [3.8, 4) is 0 Å². The molecule has 2 N–H and O–H groups in total. The van der Waals surface area contributed by atoms with Gasteiger partial charge in [-0.3, -0.25) is 0 Å². The molecule has 1 saturated carbocycles. The first-order valence-electron chi connectivity index (χ1n) is 4.77. The van der Waals surface area contributed by atoms with E-state index in [2.05, 4.69) is 17.6 Å². The van der Waals surface area contributed by atoms with Gasteiger partial charge in [-0.2, -0.15) is 0 Å². The van der Waals surface area contributed by atoms with Crippen molar-refractivity contribution in [2.24, 2.45) is 0 Å². The minimum atomic E-state index is 0.518. The molecule has 2 aliphatic rings. The second-order valence-electron chi connectivity index (χ2n) is 4.23. The average Bonchev–Trinajstić information content (AvgIpc) is 2.53. The third kappa shape index (κ3) is 1.94. The number of rotatable bonds is 3. The molecule has 0 aromatic heterocycles. The van der Waals surface area contributed by atoms with Gasteiger partial charge in [-0.05, 0) is 39.2 Å². The highest BCUT2D eigenvalue weighted by Gasteiger charge is 2.36. The highest BCUT2D eigenvalue weighted by atomic mass is 15.1. The van der Waals surface area contributed by atoms with Crippen LogP contribution >= 0.6 is 0 Å². The molecular formula is C9H18N2. The Morgan fingerprint density at radius 2 is 2.36 bits per heavy atom. The summed E-state index contributed by atoms with van der Waals surface area (Å²) in [4.78, 5) is 0. The van der Waals surface area contributed by atoms with Crippen molar-refractivity contribution in [3.63, 3.8) is 0 Å². The van der Waals surface area contributed by atoms with Crippen LogP contribution in [0.1, 0.15) is 32.6 Å². The first-order valence-corrected chi connectivity index (χ1v) is 4.77. The van der Waals surface area contributed by atoms with E-state index in [4.69, 9.17) is 0 Å². The Balaban J connectivity index is 1.65. The van der Waals surface area contributed by atoms with E-state index in [9.17, 15) is 0 Å². The largest absolute Gasteiger partial charge is 0.313 e. The summed E-state index contributed by atoms with van der Waals surface area (Å²) in [6.45, 7) is 4.72. The third-order valence-electron chi connectivity index (χ3n) is 2.94. The summed E-state index contributed by atoms with van der Waals surface area (Å²) in [5.74, 6) is 0. The van der Waals surface area contributed by atoms with Crippen molar-refractivity contribution in [2.75, 3.05) is 13.1 Å². The quantitative estimate of drug-likeness (QED) is 0.630. The van der Waals surface area contributed by atoms with Gasteiger partial charge in [0.05, 0.1) is 0 Å². The molecule has 2 heteroatoms. The topological polar surface area (TPSA) is 24.1 Å². The van der Waals surface area contributed by atoms with Gasteiger partial charge in [0.15, 0.2) is 0 Å². The average molecular weight is 154 g/mol. The summed E-state index contributed by atoms with van der Waals surface area (Å²) in [7, 11) is 0. The molecule has 1 saturated heterocycles. The highest BCUT2D eigenvalue weighted by Crippen LogP contribution is 2.34. The van der Waals surface area contributed by atoms with Crippen LogP contribution in [0.4, 0.5) is 0 Å². The molecular weight excluding hydrogens is 136 g/mol. The van der Waals surface area contributed by atoms with Crippen LogP contribution in [0.5, 0.6) is 0 Å². The van der Waals surface area contributed by atoms with Gasteiger partial charge in [0.1, 0.15) is 0 Å². The highest BCUT2D eigenvalue weighted by molar-refractivity contribution is 4.98. The fourth-order valence-electron chi connectivity index (χ4n) is 1.66. The minimum Gasteiger partial charge on any atom is -0.313 e. The molecule has 1 unspecified atom stereocenters. The molecule has 0 amide bonds. The smallest absolute Gasteiger partial charge is 0.0193 e. The maximum atomic E-state index is 3.61. The molecule has 1 aliphatic heterocycles. The molecule has 0 aromatic rings. The van der Waals surface area contributed by atoms with E-state index < -0.39 is 0 Å². The summed E-state index contributed by atoms with van der Waals surface area (Å²) in [5.41, 5.74) is 0.518. The van der Waals surface area contributed by atoms with Gasteiger partial charge in [0.2, 0.25) is 0 Å². The van der Waals surface area contributed by atoms with Gasteiger partial charge in [0, 0.05) is 18.1 Å². The fraction of sp³-hybridized carbons (Fsp3) is 1.00. The molecule has 0 aromatic carbocycles. The molecule has 0 bridgehead atoms. The van der Waals surface area contributed by atoms with Crippen LogP contribution in [-0.4, -0.2) is 24.7 Å². The van der Waals surface area contributed by atoms with Crippen molar-refractivity contribution in [1.82, 2.24) is 10.6 Å². The van der Waals surface area contributed by atoms with Crippen molar-refractivity contribution < 1.29 is 0 Å². The molecule has 2 nitrogen and oxygen atoms in total. The van der Waals surface area contributed by atoms with Crippen molar-refractivity contribution in [3.05, 3.63) is 0 Å². The second-order valence-corrected chi connectivity index (χ2v) is 4.23. The molecule has 1 atom stereocenters. The fourth-order valence-corrected chi connectivity index (χ4v) is 1.66. The predicted octanol–water partition coefficient (Wildman–Crippen LogP) is 0.881. The molecule has 2 rings (SSSR count). The normalized spacial score (nSPS) is 34.1. The Hall–Kier alpha value is -0.0800. The summed E-state index contributed by atoms with van der Waals surface area (Å²) >= 11 is 0. The van der Waals surface area contributed by atoms with Gasteiger partial charge in [-0.15, -0.1) is 0 Å². The lowest BCUT2D eigenvalue weighted by molar-refractivity contribution is 0.470. The van der Waals surface area contributed by atoms with Gasteiger partial charge in [-0.1, -0.05) is 0 Å². The molecule has 2 fully saturated rings. The molecule has 11 heavy (non-hydrogen) atoms. The van der Waals surface area contributed by atoms with Crippen LogP contribution < -0.4 is 10.6 Å². The first-order chi connectivity index (χ1) is 5.29. The van der Waals surface area contributed by atoms with E-state index in [0.29, 0.717) is 5.54 Å². The van der Waals surface area contributed by atoms with Gasteiger partial charge in [0.25, 0.3) is 0 Å². The van der Waals surface area contributed by atoms with E-state index >= 15 is 0 Å². The van der Waals surface area contributed by atoms with E-state index in [0.717, 1.165) is 6.04 Å². The summed E-state index contributed by atoms with van der Waals surface area (Å²) in [6.07, 6.45) is 5.48. The second kappa shape index (κ2) is 2.76. The Morgan fingerprint density at radius 3 is 2.91 bits per heavy atom. The number of nitrogens with one attached hydrogen (secondary N) is 2. The molecule has 0 radical (unpaired) electrons. The van der Waals surface area contributed by atoms with E-state index in [1.807, 2.05) is 0 Å². The summed E-state index contributed by atoms with van der Waals surface area (Å²) in [5, 5.41) is 7.11. The van der Waals surface area contributed by atoms with E-state index in [1.54, 1.807) is 0 Å². The standard InChI is InChI=1S/C9H18N2/c1-9(4-5-9)11-7-8-3-2-6-10-8/h8,10-11H,2-7H2,1H3. The zero-order valence-corrected chi connectivity index (χ0v) is 7.32. The van der Waals surface area contributed by atoms with Crippen molar-refractivity contribution in [2.45, 2.75) is 44.2 Å². The monoisotopic (exact) mass is 154 g/mol. The Kier molecular flexibility index (Phi) is 1.90. The number of hydrogen-bond acceptors (Lipinski definition) is 2. The maximum Gasteiger partial charge on any atom is 0.0193 e. The van der Waals surface area contributed by atoms with Crippen molar-refractivity contribution >= 4 is 0 Å². The van der Waals surface area contributed by atoms with Crippen LogP contribution in [0.15, 0.2) is 0 Å². The van der Waals surface area contributed by atoms with Crippen LogP contribution in [0, 0.1) is 0 Å². The Morgan fingerprint density at radius 1 is 1.55 bits per heavy atom. The lowest BCUT2D eigenvalue weighted by Gasteiger charge is -2.15. The third-order valence-corrected chi connectivity index (χ3v) is 2.94. The molecule has 64 valence electrons. The van der Waals surface area contributed by atoms with Crippen LogP contribution in [0.25, 0.3) is 0 Å².